The van der Waals surface area contributed by atoms with Crippen molar-refractivity contribution in [3.05, 3.63) is 35.9 Å². The Morgan fingerprint density at radius 1 is 1.15 bits per heavy atom. The van der Waals surface area contributed by atoms with Crippen molar-refractivity contribution < 1.29 is 9.84 Å². The van der Waals surface area contributed by atoms with Gasteiger partial charge < -0.3 is 15.2 Å². The van der Waals surface area contributed by atoms with Crippen LogP contribution in [0.25, 0.3) is 11.3 Å². The highest BCUT2D eigenvalue weighted by molar-refractivity contribution is 5.67. The largest absolute Gasteiger partial charge is 0.507 e. The number of aromatic nitrogens is 2. The second-order valence-electron chi connectivity index (χ2n) is 8.35. The maximum absolute atomic E-state index is 10.1. The molecule has 1 aromatic carbocycles. The molecular formula is C21H24N4O2. The van der Waals surface area contributed by atoms with E-state index in [1.165, 1.54) is 25.3 Å². The van der Waals surface area contributed by atoms with E-state index >= 15 is 0 Å². The molecule has 0 aliphatic carbocycles. The molecule has 3 atom stereocenters. The predicted octanol–water partition coefficient (Wildman–Crippen LogP) is 3.55. The van der Waals surface area contributed by atoms with Crippen LogP contribution in [-0.4, -0.2) is 32.5 Å². The third kappa shape index (κ3) is 3.60. The number of nitrogens with zero attached hydrogens (tertiary/aromatic N) is 3. The molecule has 2 fully saturated rings. The fourth-order valence-corrected chi connectivity index (χ4v) is 4.70. The van der Waals surface area contributed by atoms with Gasteiger partial charge in [-0.25, -0.2) is 0 Å². The highest BCUT2D eigenvalue weighted by Gasteiger charge is 2.46. The maximum Gasteiger partial charge on any atom is 0.233 e. The van der Waals surface area contributed by atoms with Crippen LogP contribution in [0.1, 0.15) is 51.5 Å². The Morgan fingerprint density at radius 3 is 2.48 bits per heavy atom. The van der Waals surface area contributed by atoms with Gasteiger partial charge in [0.2, 0.25) is 5.88 Å². The molecule has 1 unspecified atom stereocenters. The molecule has 27 heavy (non-hydrogen) atoms. The van der Waals surface area contributed by atoms with Crippen molar-refractivity contribution in [1.82, 2.24) is 15.5 Å². The van der Waals surface area contributed by atoms with Gasteiger partial charge in [-0.2, -0.15) is 5.26 Å². The van der Waals surface area contributed by atoms with E-state index in [1.54, 1.807) is 24.3 Å². The van der Waals surface area contributed by atoms with Crippen molar-refractivity contribution in [2.45, 2.75) is 63.1 Å². The van der Waals surface area contributed by atoms with Crippen LogP contribution < -0.4 is 10.1 Å². The molecule has 2 bridgehead atoms. The molecule has 6 nitrogen and oxygen atoms in total. The number of hydrogen-bond acceptors (Lipinski definition) is 6. The summed E-state index contributed by atoms with van der Waals surface area (Å²) in [5.41, 5.74) is 1.74. The minimum atomic E-state index is 0.0176. The van der Waals surface area contributed by atoms with E-state index in [0.29, 0.717) is 22.7 Å². The summed E-state index contributed by atoms with van der Waals surface area (Å²) in [5, 5.41) is 31.2. The second kappa shape index (κ2) is 6.50. The molecule has 2 saturated heterocycles. The number of nitrogens with one attached hydrogen (secondary N) is 1. The van der Waals surface area contributed by atoms with Crippen molar-refractivity contribution in [3.63, 3.8) is 0 Å². The summed E-state index contributed by atoms with van der Waals surface area (Å²) >= 11 is 0. The summed E-state index contributed by atoms with van der Waals surface area (Å²) in [6.07, 6.45) is 5.64. The van der Waals surface area contributed by atoms with E-state index in [-0.39, 0.29) is 22.9 Å². The van der Waals surface area contributed by atoms with Crippen molar-refractivity contribution >= 4 is 0 Å². The monoisotopic (exact) mass is 364 g/mol. The van der Waals surface area contributed by atoms with Gasteiger partial charge in [0.05, 0.1) is 17.3 Å². The Hall–Kier alpha value is -2.65. The van der Waals surface area contributed by atoms with Crippen molar-refractivity contribution in [2.75, 3.05) is 0 Å². The van der Waals surface area contributed by atoms with E-state index in [2.05, 4.69) is 29.4 Å². The van der Waals surface area contributed by atoms with Crippen molar-refractivity contribution in [1.29, 1.82) is 5.26 Å². The lowest BCUT2D eigenvalue weighted by Crippen LogP contribution is -2.65. The Balaban J connectivity index is 1.49. The van der Waals surface area contributed by atoms with Crippen molar-refractivity contribution in [3.8, 4) is 29.0 Å². The minimum Gasteiger partial charge on any atom is -0.507 e. The number of phenols is 1. The van der Waals surface area contributed by atoms with Crippen LogP contribution in [-0.2, 0) is 0 Å². The first-order valence-electron chi connectivity index (χ1n) is 9.41. The fourth-order valence-electron chi connectivity index (χ4n) is 4.70. The SMILES string of the molecule is C[C@]12CCC[C@](C)(CC(Oc3ccc(-c4ccc(C#N)cc4O)nn3)C1)N2. The van der Waals surface area contributed by atoms with Gasteiger partial charge in [0.15, 0.2) is 0 Å². The Bertz CT molecular complexity index is 874. The normalized spacial score (nSPS) is 29.7. The number of piperidine rings is 2. The topological polar surface area (TPSA) is 91.1 Å². The molecule has 2 aliphatic heterocycles. The quantitative estimate of drug-likeness (QED) is 0.865. The maximum atomic E-state index is 10.1. The number of ether oxygens (including phenoxy) is 1. The zero-order valence-corrected chi connectivity index (χ0v) is 15.7. The number of phenolic OH excluding ortho intramolecular Hbond substituents is 1. The lowest BCUT2D eigenvalue weighted by Gasteiger charge is -2.53. The van der Waals surface area contributed by atoms with Crippen LogP contribution in [0.15, 0.2) is 30.3 Å². The summed E-state index contributed by atoms with van der Waals surface area (Å²) in [7, 11) is 0. The molecule has 0 radical (unpaired) electrons. The highest BCUT2D eigenvalue weighted by Crippen LogP contribution is 2.41. The van der Waals surface area contributed by atoms with Gasteiger partial charge in [-0.15, -0.1) is 10.2 Å². The van der Waals surface area contributed by atoms with Gasteiger partial charge >= 0.3 is 0 Å². The van der Waals surface area contributed by atoms with Crippen LogP contribution in [0.2, 0.25) is 0 Å². The summed E-state index contributed by atoms with van der Waals surface area (Å²) in [5.74, 6) is 0.521. The van der Waals surface area contributed by atoms with E-state index in [4.69, 9.17) is 10.00 Å². The zero-order valence-electron chi connectivity index (χ0n) is 15.7. The Labute approximate surface area is 159 Å². The summed E-state index contributed by atoms with van der Waals surface area (Å²) in [4.78, 5) is 0. The molecule has 0 spiro atoms. The number of hydrogen-bond donors (Lipinski definition) is 2. The standard InChI is InChI=1S/C21H24N4O2/c1-20-8-3-9-21(2,25-20)12-15(11-20)27-19-7-6-17(23-24-19)16-5-4-14(13-22)10-18(16)26/h4-7,10,15,25-26H,3,8-9,11-12H2,1-2H3/t15?,20-,21+. The molecule has 1 aromatic heterocycles. The molecule has 3 heterocycles. The van der Waals surface area contributed by atoms with Crippen LogP contribution in [0.4, 0.5) is 0 Å². The van der Waals surface area contributed by atoms with Crippen LogP contribution in [0.5, 0.6) is 11.6 Å². The number of rotatable bonds is 3. The lowest BCUT2D eigenvalue weighted by molar-refractivity contribution is 0.00727. The molecule has 0 amide bonds. The number of nitriles is 1. The molecule has 6 heteroatoms. The molecular weight excluding hydrogens is 340 g/mol. The minimum absolute atomic E-state index is 0.0176. The predicted molar refractivity (Wildman–Crippen MR) is 101 cm³/mol. The molecule has 2 N–H and O–H groups in total. The van der Waals surface area contributed by atoms with E-state index in [0.717, 1.165) is 12.8 Å². The van der Waals surface area contributed by atoms with Gasteiger partial charge in [0.1, 0.15) is 11.9 Å². The second-order valence-corrected chi connectivity index (χ2v) is 8.35. The average molecular weight is 364 g/mol. The summed E-state index contributed by atoms with van der Waals surface area (Å²) in [6.45, 7) is 4.56. The Kier molecular flexibility index (Phi) is 4.27. The molecule has 4 rings (SSSR count). The first-order chi connectivity index (χ1) is 12.9. The molecule has 2 aliphatic rings. The lowest BCUT2D eigenvalue weighted by atomic mass is 9.70. The Morgan fingerprint density at radius 2 is 1.89 bits per heavy atom. The highest BCUT2D eigenvalue weighted by atomic mass is 16.5. The van der Waals surface area contributed by atoms with E-state index < -0.39 is 0 Å². The van der Waals surface area contributed by atoms with Gasteiger partial charge in [-0.1, -0.05) is 0 Å². The van der Waals surface area contributed by atoms with Gasteiger partial charge in [0.25, 0.3) is 0 Å². The van der Waals surface area contributed by atoms with E-state index in [9.17, 15) is 5.11 Å². The van der Waals surface area contributed by atoms with Gasteiger partial charge in [-0.05, 0) is 57.4 Å². The first-order valence-corrected chi connectivity index (χ1v) is 9.41. The number of benzene rings is 1. The molecule has 140 valence electrons. The first kappa shape index (κ1) is 17.7. The van der Waals surface area contributed by atoms with E-state index in [1.807, 2.05) is 6.07 Å². The zero-order chi connectivity index (χ0) is 19.1. The smallest absolute Gasteiger partial charge is 0.233 e. The van der Waals surface area contributed by atoms with Crippen LogP contribution in [0.3, 0.4) is 0 Å². The number of aromatic hydroxyl groups is 1. The van der Waals surface area contributed by atoms with Crippen LogP contribution in [0, 0.1) is 11.3 Å². The van der Waals surface area contributed by atoms with Crippen LogP contribution >= 0.6 is 0 Å². The summed E-state index contributed by atoms with van der Waals surface area (Å²) in [6, 6.07) is 10.3. The summed E-state index contributed by atoms with van der Waals surface area (Å²) < 4.78 is 6.16. The van der Waals surface area contributed by atoms with Gasteiger partial charge in [-0.3, -0.25) is 0 Å². The molecule has 0 saturated carbocycles. The molecule has 2 aromatic rings. The average Bonchev–Trinajstić information content (AvgIpc) is 2.60. The third-order valence-corrected chi connectivity index (χ3v) is 5.75. The number of fused-ring (bicyclic) bond motifs is 2. The fraction of sp³-hybridized carbons (Fsp3) is 0.476. The van der Waals surface area contributed by atoms with Gasteiger partial charge in [0, 0.05) is 35.5 Å². The van der Waals surface area contributed by atoms with Crippen molar-refractivity contribution in [2.24, 2.45) is 0 Å². The third-order valence-electron chi connectivity index (χ3n) is 5.75.